The fourth-order valence-corrected chi connectivity index (χ4v) is 6.58. The van der Waals surface area contributed by atoms with Crippen LogP contribution in [0, 0.1) is 5.92 Å². The third-order valence-electron chi connectivity index (χ3n) is 8.75. The van der Waals surface area contributed by atoms with Gasteiger partial charge in [-0.25, -0.2) is 9.97 Å². The standard InChI is InChI=1S/C39H31N3O/c1-3-12-28(13-4-1)34-20-19-32(37(41-34)29-14-5-2-6-15-29)35-21-18-31-30-16-9-17-33(38(30)43-39(31)42-35)36-25-27(22-23-40-36)24-26-10-7-8-11-26/h1-6,9,12-23,25-26H,7-8,10-11,24H2. The van der Waals surface area contributed by atoms with Gasteiger partial charge in [0.1, 0.15) is 5.58 Å². The molecule has 0 saturated heterocycles. The molecule has 8 rings (SSSR count). The molecule has 1 fully saturated rings. The highest BCUT2D eigenvalue weighted by Gasteiger charge is 2.19. The van der Waals surface area contributed by atoms with Crippen LogP contribution in [0.4, 0.5) is 0 Å². The van der Waals surface area contributed by atoms with E-state index in [9.17, 15) is 0 Å². The van der Waals surface area contributed by atoms with E-state index in [0.29, 0.717) is 5.71 Å². The molecule has 1 aliphatic rings. The molecule has 1 saturated carbocycles. The monoisotopic (exact) mass is 557 g/mol. The normalized spacial score (nSPS) is 13.7. The summed E-state index contributed by atoms with van der Waals surface area (Å²) in [6.07, 6.45) is 8.45. The molecule has 0 N–H and O–H groups in total. The molecule has 0 radical (unpaired) electrons. The van der Waals surface area contributed by atoms with Gasteiger partial charge in [-0.1, -0.05) is 98.5 Å². The second-order valence-electron chi connectivity index (χ2n) is 11.6. The number of pyridine rings is 3. The van der Waals surface area contributed by atoms with Crippen LogP contribution in [0.3, 0.4) is 0 Å². The minimum absolute atomic E-state index is 0.619. The Labute approximate surface area is 251 Å². The second-order valence-corrected chi connectivity index (χ2v) is 11.6. The average molecular weight is 558 g/mol. The number of furan rings is 1. The number of aromatic nitrogens is 3. The van der Waals surface area contributed by atoms with Crippen LogP contribution in [0.1, 0.15) is 31.2 Å². The minimum atomic E-state index is 0.619. The number of benzene rings is 3. The van der Waals surface area contributed by atoms with E-state index in [4.69, 9.17) is 19.4 Å². The van der Waals surface area contributed by atoms with E-state index in [1.807, 2.05) is 42.6 Å². The van der Waals surface area contributed by atoms with Crippen LogP contribution in [0.2, 0.25) is 0 Å². The highest BCUT2D eigenvalue weighted by molar-refractivity contribution is 6.08. The Balaban J connectivity index is 1.22. The quantitative estimate of drug-likeness (QED) is 0.204. The van der Waals surface area contributed by atoms with Crippen LogP contribution in [-0.2, 0) is 6.42 Å². The van der Waals surface area contributed by atoms with Crippen LogP contribution in [0.5, 0.6) is 0 Å². The Hall–Kier alpha value is -5.09. The molecule has 0 amide bonds. The zero-order valence-corrected chi connectivity index (χ0v) is 23.9. The molecule has 0 bridgehead atoms. The van der Waals surface area contributed by atoms with E-state index in [0.717, 1.165) is 73.7 Å². The van der Waals surface area contributed by atoms with Crippen molar-refractivity contribution in [3.05, 3.63) is 127 Å². The van der Waals surface area contributed by atoms with E-state index in [1.54, 1.807) is 0 Å². The third kappa shape index (κ3) is 4.89. The van der Waals surface area contributed by atoms with Gasteiger partial charge in [-0.2, -0.15) is 0 Å². The van der Waals surface area contributed by atoms with Crippen LogP contribution < -0.4 is 0 Å². The van der Waals surface area contributed by atoms with E-state index in [2.05, 4.69) is 78.9 Å². The molecule has 43 heavy (non-hydrogen) atoms. The number of para-hydroxylation sites is 1. The Morgan fingerprint density at radius 3 is 2.19 bits per heavy atom. The summed E-state index contributed by atoms with van der Waals surface area (Å²) in [6, 6.07) is 39.7. The first-order chi connectivity index (χ1) is 21.3. The SMILES string of the molecule is c1ccc(-c2ccc(-c3ccc4c(n3)oc3c(-c5cc(CC6CCCC6)ccn5)cccc34)c(-c3ccccc3)n2)cc1. The van der Waals surface area contributed by atoms with Crippen molar-refractivity contribution in [1.82, 2.24) is 15.0 Å². The van der Waals surface area contributed by atoms with Gasteiger partial charge in [0, 0.05) is 39.2 Å². The van der Waals surface area contributed by atoms with Crippen molar-refractivity contribution in [3.8, 4) is 45.0 Å². The number of rotatable bonds is 6. The third-order valence-corrected chi connectivity index (χ3v) is 8.75. The predicted octanol–water partition coefficient (Wildman–Crippen LogP) is 10.2. The van der Waals surface area contributed by atoms with Gasteiger partial charge >= 0.3 is 0 Å². The Bertz CT molecular complexity index is 2060. The molecule has 4 nitrogen and oxygen atoms in total. The summed E-state index contributed by atoms with van der Waals surface area (Å²) < 4.78 is 6.54. The van der Waals surface area contributed by atoms with Crippen LogP contribution in [0.15, 0.2) is 126 Å². The van der Waals surface area contributed by atoms with Gasteiger partial charge < -0.3 is 4.42 Å². The van der Waals surface area contributed by atoms with E-state index in [-0.39, 0.29) is 0 Å². The maximum Gasteiger partial charge on any atom is 0.227 e. The van der Waals surface area contributed by atoms with Gasteiger partial charge in [0.25, 0.3) is 0 Å². The fraction of sp³-hybridized carbons (Fsp3) is 0.154. The Kier molecular flexibility index (Phi) is 6.52. The molecule has 0 unspecified atom stereocenters. The average Bonchev–Trinajstić information content (AvgIpc) is 3.73. The van der Waals surface area contributed by atoms with E-state index in [1.165, 1.54) is 31.2 Å². The van der Waals surface area contributed by atoms with Crippen molar-refractivity contribution in [3.63, 3.8) is 0 Å². The number of nitrogens with zero attached hydrogens (tertiary/aromatic N) is 3. The number of fused-ring (bicyclic) bond motifs is 3. The highest BCUT2D eigenvalue weighted by atomic mass is 16.3. The van der Waals surface area contributed by atoms with Crippen molar-refractivity contribution in [1.29, 1.82) is 0 Å². The van der Waals surface area contributed by atoms with Crippen LogP contribution in [0.25, 0.3) is 67.1 Å². The highest BCUT2D eigenvalue weighted by Crippen LogP contribution is 2.38. The minimum Gasteiger partial charge on any atom is -0.437 e. The first-order valence-electron chi connectivity index (χ1n) is 15.2. The first-order valence-corrected chi connectivity index (χ1v) is 15.2. The van der Waals surface area contributed by atoms with Gasteiger partial charge in [-0.05, 0) is 60.4 Å². The second kappa shape index (κ2) is 11.0. The van der Waals surface area contributed by atoms with Crippen molar-refractivity contribution in [2.75, 3.05) is 0 Å². The molecular formula is C39H31N3O. The topological polar surface area (TPSA) is 51.8 Å². The molecule has 4 heteroatoms. The lowest BCUT2D eigenvalue weighted by Crippen LogP contribution is -1.99. The molecule has 0 atom stereocenters. The molecule has 3 aromatic carbocycles. The number of hydrogen-bond donors (Lipinski definition) is 0. The maximum absolute atomic E-state index is 6.54. The molecule has 0 aliphatic heterocycles. The summed E-state index contributed by atoms with van der Waals surface area (Å²) in [4.78, 5) is 15.0. The summed E-state index contributed by atoms with van der Waals surface area (Å²) in [5.41, 5.74) is 10.5. The Morgan fingerprint density at radius 2 is 1.37 bits per heavy atom. The largest absolute Gasteiger partial charge is 0.437 e. The zero-order valence-electron chi connectivity index (χ0n) is 23.9. The summed E-state index contributed by atoms with van der Waals surface area (Å²) >= 11 is 0. The molecule has 208 valence electrons. The molecule has 1 aliphatic carbocycles. The first kappa shape index (κ1) is 25.6. The van der Waals surface area contributed by atoms with Gasteiger partial charge in [0.15, 0.2) is 0 Å². The lowest BCUT2D eigenvalue weighted by Gasteiger charge is -2.11. The van der Waals surface area contributed by atoms with Crippen molar-refractivity contribution in [2.24, 2.45) is 5.92 Å². The summed E-state index contributed by atoms with van der Waals surface area (Å²) in [7, 11) is 0. The van der Waals surface area contributed by atoms with Gasteiger partial charge in [0.2, 0.25) is 5.71 Å². The predicted molar refractivity (Wildman–Crippen MR) is 175 cm³/mol. The molecule has 4 heterocycles. The maximum atomic E-state index is 6.54. The van der Waals surface area contributed by atoms with Crippen molar-refractivity contribution >= 4 is 22.1 Å². The van der Waals surface area contributed by atoms with E-state index < -0.39 is 0 Å². The van der Waals surface area contributed by atoms with Gasteiger partial charge in [-0.15, -0.1) is 0 Å². The lowest BCUT2D eigenvalue weighted by atomic mass is 9.97. The van der Waals surface area contributed by atoms with Gasteiger partial charge in [0.05, 0.1) is 22.8 Å². The van der Waals surface area contributed by atoms with Crippen molar-refractivity contribution < 1.29 is 4.42 Å². The molecule has 4 aromatic heterocycles. The van der Waals surface area contributed by atoms with E-state index >= 15 is 0 Å². The Morgan fingerprint density at radius 1 is 0.605 bits per heavy atom. The van der Waals surface area contributed by atoms with Crippen molar-refractivity contribution in [2.45, 2.75) is 32.1 Å². The molecular weight excluding hydrogens is 526 g/mol. The summed E-state index contributed by atoms with van der Waals surface area (Å²) in [5, 5.41) is 2.05. The summed E-state index contributed by atoms with van der Waals surface area (Å²) in [5.74, 6) is 0.789. The van der Waals surface area contributed by atoms with Crippen LogP contribution in [-0.4, -0.2) is 15.0 Å². The summed E-state index contributed by atoms with van der Waals surface area (Å²) in [6.45, 7) is 0. The lowest BCUT2D eigenvalue weighted by molar-refractivity contribution is 0.546. The van der Waals surface area contributed by atoms with Crippen LogP contribution >= 0.6 is 0 Å². The fourth-order valence-electron chi connectivity index (χ4n) is 6.58. The number of hydrogen-bond acceptors (Lipinski definition) is 4. The molecule has 7 aromatic rings. The smallest absolute Gasteiger partial charge is 0.227 e. The molecule has 0 spiro atoms. The van der Waals surface area contributed by atoms with Gasteiger partial charge in [-0.3, -0.25) is 4.98 Å². The zero-order chi connectivity index (χ0) is 28.6.